The maximum absolute atomic E-state index is 11.8. The number of benzene rings is 4. The fraction of sp³-hybridized carbons (Fsp3) is 0.0909. The number of fused-ring (bicyclic) bond motifs is 4. The molecule has 17 nitrogen and oxygen atoms in total. The number of non-ortho nitro benzene ring substituents is 2. The Hall–Kier alpha value is -6.79. The molecule has 0 saturated carbocycles. The van der Waals surface area contributed by atoms with Crippen molar-refractivity contribution in [1.29, 1.82) is 0 Å². The summed E-state index contributed by atoms with van der Waals surface area (Å²) in [7, 11) is 0. The molecule has 8 rings (SSSR count). The van der Waals surface area contributed by atoms with Crippen LogP contribution in [0.4, 0.5) is 34.1 Å². The van der Waals surface area contributed by atoms with Gasteiger partial charge in [-0.05, 0) is 0 Å². The molecule has 0 fully saturated rings. The Balaban J connectivity index is 1.43. The predicted octanol–water partition coefficient (Wildman–Crippen LogP) is 8.58. The van der Waals surface area contributed by atoms with Crippen molar-refractivity contribution in [2.24, 2.45) is 20.5 Å². The molecule has 0 bridgehead atoms. The number of nitrogens with zero attached hydrogens (tertiary/aromatic N) is 10. The number of nitro groups is 2. The van der Waals surface area contributed by atoms with Gasteiger partial charge in [0.05, 0.1) is 0 Å². The van der Waals surface area contributed by atoms with Gasteiger partial charge in [0.2, 0.25) is 0 Å². The van der Waals surface area contributed by atoms with Crippen molar-refractivity contribution in [3.63, 3.8) is 0 Å². The second kappa shape index (κ2) is 12.3. The number of aromatic nitrogens is 4. The van der Waals surface area contributed by atoms with Crippen molar-refractivity contribution < 1.29 is 35.0 Å². The number of nitro benzene ring substituents is 2. The topological polar surface area (TPSA) is 199 Å². The number of para-hydroxylation sites is 2. The molecular formula is C33H24CoN10O7. The van der Waals surface area contributed by atoms with Crippen LogP contribution in [0.3, 0.4) is 0 Å². The van der Waals surface area contributed by atoms with Crippen LogP contribution in [0.15, 0.2) is 118 Å². The first kappa shape index (κ1) is 31.5. The zero-order valence-corrected chi connectivity index (χ0v) is 27.6. The molecule has 0 amide bonds. The Kier molecular flexibility index (Phi) is 7.57. The van der Waals surface area contributed by atoms with Crippen molar-refractivity contribution >= 4 is 34.1 Å². The maximum atomic E-state index is 11.8. The molecule has 0 radical (unpaired) electrons. The van der Waals surface area contributed by atoms with Gasteiger partial charge in [-0.15, -0.1) is 0 Å². The van der Waals surface area contributed by atoms with Crippen LogP contribution in [0.25, 0.3) is 11.4 Å². The molecule has 2 aromatic heterocycles. The summed E-state index contributed by atoms with van der Waals surface area (Å²) in [5.41, 5.74) is 2.74. The molecule has 4 aromatic carbocycles. The van der Waals surface area contributed by atoms with Crippen LogP contribution in [0.5, 0.6) is 17.5 Å². The Morgan fingerprint density at radius 1 is 0.627 bits per heavy atom. The molecule has 2 aliphatic rings. The molecule has 0 saturated heterocycles. The van der Waals surface area contributed by atoms with Crippen LogP contribution >= 0.6 is 0 Å². The molecule has 257 valence electrons. The van der Waals surface area contributed by atoms with Gasteiger partial charge in [-0.25, -0.2) is 0 Å². The van der Waals surface area contributed by atoms with E-state index in [1.165, 1.54) is 45.8 Å². The second-order valence-electron chi connectivity index (χ2n) is 11.1. The number of hydrogen-bond acceptors (Lipinski definition) is 13. The summed E-state index contributed by atoms with van der Waals surface area (Å²) in [6.45, 7) is 3.45. The summed E-state index contributed by atoms with van der Waals surface area (Å²) in [6, 6.07) is 26.4. The molecule has 1 spiro atoms. The van der Waals surface area contributed by atoms with Crippen LogP contribution in [0.2, 0.25) is 0 Å². The molecule has 18 heteroatoms. The Morgan fingerprint density at radius 3 is 1.65 bits per heavy atom. The van der Waals surface area contributed by atoms with Gasteiger partial charge < -0.3 is 0 Å². The second-order valence-corrected chi connectivity index (χ2v) is 13.6. The van der Waals surface area contributed by atoms with E-state index in [2.05, 4.69) is 20.5 Å². The molecule has 1 unspecified atom stereocenters. The molecule has 4 heterocycles. The Labute approximate surface area is 290 Å². The van der Waals surface area contributed by atoms with Crippen molar-refractivity contribution in [3.8, 4) is 28.9 Å². The molecule has 51 heavy (non-hydrogen) atoms. The summed E-state index contributed by atoms with van der Waals surface area (Å²) in [4.78, 5) is 22.6. The average molecular weight is 732 g/mol. The quantitative estimate of drug-likeness (QED) is 0.126. The van der Waals surface area contributed by atoms with Gasteiger partial charge >= 0.3 is 291 Å². The average Bonchev–Trinajstić information content (AvgIpc) is 3.64. The van der Waals surface area contributed by atoms with Crippen molar-refractivity contribution in [2.45, 2.75) is 19.2 Å². The monoisotopic (exact) mass is 731 g/mol. The fourth-order valence-electron chi connectivity index (χ4n) is 5.24. The molecular weight excluding hydrogens is 707 g/mol. The first-order chi connectivity index (χ1) is 24.7. The third-order valence-corrected chi connectivity index (χ3v) is 10.2. The predicted molar refractivity (Wildman–Crippen MR) is 177 cm³/mol. The van der Waals surface area contributed by atoms with Crippen LogP contribution < -0.4 is 11.5 Å². The van der Waals surface area contributed by atoms with Crippen LogP contribution in [0.1, 0.15) is 17.0 Å². The fourth-order valence-corrected chi connectivity index (χ4v) is 7.91. The molecule has 0 N–H and O–H groups in total. The Bertz CT molecular complexity index is 2260. The third kappa shape index (κ3) is 5.72. The Morgan fingerprint density at radius 2 is 1.12 bits per heavy atom. The zero-order chi connectivity index (χ0) is 35.3. The van der Waals surface area contributed by atoms with Gasteiger partial charge in [-0.3, -0.25) is 0 Å². The summed E-state index contributed by atoms with van der Waals surface area (Å²) < 4.78 is 23.9. The van der Waals surface area contributed by atoms with Crippen molar-refractivity contribution in [1.82, 2.24) is 19.6 Å². The normalized spacial score (nSPS) is 17.1. The minimum absolute atomic E-state index is 0.0289. The van der Waals surface area contributed by atoms with E-state index in [1.54, 1.807) is 13.8 Å². The zero-order valence-electron chi connectivity index (χ0n) is 26.6. The van der Waals surface area contributed by atoms with Crippen LogP contribution in [0, 0.1) is 34.1 Å². The minimum atomic E-state index is -3.93. The van der Waals surface area contributed by atoms with Gasteiger partial charge in [0.15, 0.2) is 0 Å². The summed E-state index contributed by atoms with van der Waals surface area (Å²) in [5, 5.41) is 50.7. The van der Waals surface area contributed by atoms with Crippen LogP contribution in [-0.2, 0) is 18.9 Å². The van der Waals surface area contributed by atoms with Gasteiger partial charge in [0.25, 0.3) is 0 Å². The number of hydrogen-bond donors (Lipinski definition) is 0. The molecule has 0 aliphatic carbocycles. The number of aryl methyl sites for hydroxylation is 2. The van der Waals surface area contributed by atoms with E-state index >= 15 is 0 Å². The van der Waals surface area contributed by atoms with Gasteiger partial charge in [-0.1, -0.05) is 0 Å². The number of azo groups is 2. The molecule has 2 aliphatic heterocycles. The van der Waals surface area contributed by atoms with Crippen molar-refractivity contribution in [2.75, 3.05) is 0 Å². The van der Waals surface area contributed by atoms with E-state index < -0.39 is 23.4 Å². The molecule has 1 atom stereocenters. The van der Waals surface area contributed by atoms with Gasteiger partial charge in [0, 0.05) is 0 Å². The van der Waals surface area contributed by atoms with Crippen LogP contribution in [-0.4, -0.2) is 29.4 Å². The first-order valence-corrected chi connectivity index (χ1v) is 17.1. The van der Waals surface area contributed by atoms with E-state index in [9.17, 15) is 20.2 Å². The third-order valence-electron chi connectivity index (χ3n) is 7.71. The number of rotatable bonds is 4. The summed E-state index contributed by atoms with van der Waals surface area (Å²) in [6.07, 6.45) is 0. The van der Waals surface area contributed by atoms with Gasteiger partial charge in [-0.2, -0.15) is 0 Å². The van der Waals surface area contributed by atoms with E-state index in [4.69, 9.17) is 21.7 Å². The first-order valence-electron chi connectivity index (χ1n) is 15.1. The summed E-state index contributed by atoms with van der Waals surface area (Å²) >= 11 is -3.93. The van der Waals surface area contributed by atoms with E-state index in [0.29, 0.717) is 28.3 Å². The van der Waals surface area contributed by atoms with E-state index in [0.717, 1.165) is 0 Å². The standard InChI is InChI=1S/C17H14N5O3.C16H13N5O4.Co/c1-11-8-9-14(22(24)25)10-15(11)18-19-16-12(2)20-21(17(16)23)13-6-4-3-5-7-13;1-10-15(16(23)20(19-10)11-5-3-2-4-6-11)18-17-13-9-12(21(24)25)7-8-14(13)22;/h3-10,23H,1H2,2H3;2-9,22-23H,1H3;/q;;+3/p-3. The van der Waals surface area contributed by atoms with Gasteiger partial charge in [0.1, 0.15) is 0 Å². The van der Waals surface area contributed by atoms with E-state index in [1.807, 2.05) is 60.7 Å². The summed E-state index contributed by atoms with van der Waals surface area (Å²) in [5.74, 6) is 0.287. The van der Waals surface area contributed by atoms with Crippen molar-refractivity contribution in [3.05, 3.63) is 134 Å². The van der Waals surface area contributed by atoms with E-state index in [-0.39, 0.29) is 57.0 Å². The molecule has 6 aromatic rings. The SMILES string of the molecule is Cc1nn(-c2ccccc2)c2c1N=Nc1cc([N+](=O)[O-])ccc1[CH2][Co]1([O]c3ccc([N+](=O)[O-])cc3N=Nc3c(C)nn(-c4ccccc4)c3[O]1)[O]2.